The van der Waals surface area contributed by atoms with E-state index in [0.717, 1.165) is 18.4 Å². The molecule has 0 saturated heterocycles. The number of amides is 2. The third kappa shape index (κ3) is 10.9. The number of nitrogens with one attached hydrogen (secondary N) is 2. The Labute approximate surface area is 280 Å². The summed E-state index contributed by atoms with van der Waals surface area (Å²) in [6.45, 7) is 2.81. The van der Waals surface area contributed by atoms with Gasteiger partial charge in [0.15, 0.2) is 0 Å². The van der Waals surface area contributed by atoms with Gasteiger partial charge in [0.05, 0.1) is 25.7 Å². The van der Waals surface area contributed by atoms with Crippen LogP contribution in [-0.4, -0.2) is 48.6 Å². The SMILES string of the molecule is CCCCCCCOc1ccc(C(=O)OC2=CC=C([C@H](NC(=O)c3ccc(NC(=O)Cc4ccc(OC)cc4)cc3)C(=O)O)CC2)cc1. The van der Waals surface area contributed by atoms with Crippen molar-refractivity contribution >= 4 is 29.4 Å². The van der Waals surface area contributed by atoms with Crippen LogP contribution in [-0.2, 0) is 20.7 Å². The zero-order valence-corrected chi connectivity index (χ0v) is 27.3. The summed E-state index contributed by atoms with van der Waals surface area (Å²) in [7, 11) is 1.57. The Morgan fingerprint density at radius 3 is 2.08 bits per heavy atom. The van der Waals surface area contributed by atoms with Crippen LogP contribution in [0.2, 0.25) is 0 Å². The predicted octanol–water partition coefficient (Wildman–Crippen LogP) is 6.87. The summed E-state index contributed by atoms with van der Waals surface area (Å²) in [5, 5.41) is 15.2. The molecule has 10 nitrogen and oxygen atoms in total. The lowest BCUT2D eigenvalue weighted by Gasteiger charge is -2.21. The molecule has 1 aliphatic carbocycles. The van der Waals surface area contributed by atoms with Gasteiger partial charge in [-0.25, -0.2) is 9.59 Å². The molecule has 0 radical (unpaired) electrons. The average molecular weight is 655 g/mol. The number of carbonyl (C=O) groups excluding carboxylic acids is 3. The zero-order valence-electron chi connectivity index (χ0n) is 27.3. The Morgan fingerprint density at radius 2 is 1.46 bits per heavy atom. The molecule has 0 bridgehead atoms. The van der Waals surface area contributed by atoms with Gasteiger partial charge in [0, 0.05) is 17.7 Å². The van der Waals surface area contributed by atoms with Crippen LogP contribution in [0.15, 0.2) is 96.3 Å². The van der Waals surface area contributed by atoms with E-state index in [1.54, 1.807) is 67.8 Å². The Hall–Kier alpha value is -5.38. The normalized spacial score (nSPS) is 13.0. The van der Waals surface area contributed by atoms with E-state index >= 15 is 0 Å². The molecular formula is C38H42N2O8. The van der Waals surface area contributed by atoms with Crippen LogP contribution in [0.25, 0.3) is 0 Å². The van der Waals surface area contributed by atoms with Gasteiger partial charge in [-0.05, 0) is 90.7 Å². The van der Waals surface area contributed by atoms with Crippen LogP contribution < -0.4 is 20.1 Å². The molecule has 10 heteroatoms. The molecule has 0 fully saturated rings. The summed E-state index contributed by atoms with van der Waals surface area (Å²) in [6.07, 6.45) is 9.60. The van der Waals surface area contributed by atoms with Crippen molar-refractivity contribution in [1.29, 1.82) is 0 Å². The van der Waals surface area contributed by atoms with Crippen LogP contribution >= 0.6 is 0 Å². The van der Waals surface area contributed by atoms with Gasteiger partial charge >= 0.3 is 11.9 Å². The van der Waals surface area contributed by atoms with Crippen molar-refractivity contribution in [3.05, 3.63) is 113 Å². The molecule has 0 saturated carbocycles. The first-order chi connectivity index (χ1) is 23.2. The lowest BCUT2D eigenvalue weighted by Crippen LogP contribution is -2.42. The van der Waals surface area contributed by atoms with Crippen molar-refractivity contribution in [1.82, 2.24) is 5.32 Å². The van der Waals surface area contributed by atoms with Crippen molar-refractivity contribution < 1.29 is 38.5 Å². The van der Waals surface area contributed by atoms with Crippen LogP contribution in [0.4, 0.5) is 5.69 Å². The second-order valence-electron chi connectivity index (χ2n) is 11.4. The molecule has 3 aromatic rings. The number of carboxylic acids is 1. The lowest BCUT2D eigenvalue weighted by molar-refractivity contribution is -0.138. The maximum atomic E-state index is 12.9. The summed E-state index contributed by atoms with van der Waals surface area (Å²) in [5.74, 6) is -0.747. The first-order valence-electron chi connectivity index (χ1n) is 16.2. The molecule has 252 valence electrons. The van der Waals surface area contributed by atoms with Gasteiger partial charge in [-0.15, -0.1) is 0 Å². The first-order valence-corrected chi connectivity index (χ1v) is 16.2. The van der Waals surface area contributed by atoms with Crippen molar-refractivity contribution in [2.45, 2.75) is 64.3 Å². The number of ether oxygens (including phenoxy) is 3. The Balaban J connectivity index is 1.27. The summed E-state index contributed by atoms with van der Waals surface area (Å²) in [4.78, 5) is 50.2. The molecular weight excluding hydrogens is 612 g/mol. The molecule has 1 atom stereocenters. The molecule has 0 spiro atoms. The number of esters is 1. The number of allylic oxidation sites excluding steroid dienone is 3. The highest BCUT2D eigenvalue weighted by Crippen LogP contribution is 2.24. The monoisotopic (exact) mass is 654 g/mol. The van der Waals surface area contributed by atoms with Crippen molar-refractivity contribution in [2.24, 2.45) is 0 Å². The fraction of sp³-hybridized carbons (Fsp3) is 0.316. The van der Waals surface area contributed by atoms with E-state index in [4.69, 9.17) is 14.2 Å². The Morgan fingerprint density at radius 1 is 0.792 bits per heavy atom. The number of rotatable bonds is 17. The fourth-order valence-corrected chi connectivity index (χ4v) is 5.09. The van der Waals surface area contributed by atoms with Crippen LogP contribution in [0.1, 0.15) is 78.1 Å². The van der Waals surface area contributed by atoms with E-state index in [0.29, 0.717) is 47.1 Å². The minimum atomic E-state index is -1.27. The maximum absolute atomic E-state index is 12.9. The fourth-order valence-electron chi connectivity index (χ4n) is 5.09. The second-order valence-corrected chi connectivity index (χ2v) is 11.4. The quantitative estimate of drug-likeness (QED) is 0.106. The first kappa shape index (κ1) is 35.5. The van der Waals surface area contributed by atoms with Crippen molar-refractivity contribution in [2.75, 3.05) is 19.0 Å². The van der Waals surface area contributed by atoms with Crippen LogP contribution in [0, 0.1) is 0 Å². The molecule has 0 heterocycles. The van der Waals surface area contributed by atoms with E-state index in [1.165, 1.54) is 31.4 Å². The van der Waals surface area contributed by atoms with Gasteiger partial charge in [-0.3, -0.25) is 9.59 Å². The largest absolute Gasteiger partial charge is 0.497 e. The summed E-state index contributed by atoms with van der Waals surface area (Å²) in [5.41, 5.74) is 2.40. The number of methoxy groups -OCH3 is 1. The highest BCUT2D eigenvalue weighted by atomic mass is 16.5. The number of carbonyl (C=O) groups is 4. The number of unbranched alkanes of at least 4 members (excludes halogenated alkanes) is 4. The smallest absolute Gasteiger partial charge is 0.343 e. The highest BCUT2D eigenvalue weighted by Gasteiger charge is 2.27. The zero-order chi connectivity index (χ0) is 34.3. The summed E-state index contributed by atoms with van der Waals surface area (Å²) < 4.78 is 16.4. The third-order valence-electron chi connectivity index (χ3n) is 7.82. The van der Waals surface area contributed by atoms with Gasteiger partial charge in [0.1, 0.15) is 23.3 Å². The Kier molecular flexibility index (Phi) is 13.4. The summed E-state index contributed by atoms with van der Waals surface area (Å²) in [6, 6.07) is 18.9. The van der Waals surface area contributed by atoms with Crippen LogP contribution in [0.3, 0.4) is 0 Å². The van der Waals surface area contributed by atoms with E-state index in [2.05, 4.69) is 17.6 Å². The molecule has 1 aliphatic rings. The van der Waals surface area contributed by atoms with Gasteiger partial charge in [-0.2, -0.15) is 0 Å². The summed E-state index contributed by atoms with van der Waals surface area (Å²) >= 11 is 0. The topological polar surface area (TPSA) is 140 Å². The lowest BCUT2D eigenvalue weighted by atomic mass is 9.96. The minimum Gasteiger partial charge on any atom is -0.497 e. The predicted molar refractivity (Wildman–Crippen MR) is 182 cm³/mol. The molecule has 0 aromatic heterocycles. The van der Waals surface area contributed by atoms with E-state index < -0.39 is 23.9 Å². The maximum Gasteiger partial charge on any atom is 0.343 e. The van der Waals surface area contributed by atoms with Crippen LogP contribution in [0.5, 0.6) is 11.5 Å². The molecule has 48 heavy (non-hydrogen) atoms. The highest BCUT2D eigenvalue weighted by molar-refractivity contribution is 5.98. The Bertz CT molecular complexity index is 1610. The van der Waals surface area contributed by atoms with Crippen molar-refractivity contribution in [3.63, 3.8) is 0 Å². The van der Waals surface area contributed by atoms with Gasteiger partial charge in [0.2, 0.25) is 5.91 Å². The van der Waals surface area contributed by atoms with Gasteiger partial charge < -0.3 is 30.0 Å². The van der Waals surface area contributed by atoms with Gasteiger partial charge in [0.25, 0.3) is 5.91 Å². The minimum absolute atomic E-state index is 0.166. The average Bonchev–Trinajstić information content (AvgIpc) is 3.09. The number of benzene rings is 3. The molecule has 4 rings (SSSR count). The number of aliphatic carboxylic acids is 1. The van der Waals surface area contributed by atoms with E-state index in [1.807, 2.05) is 12.1 Å². The number of hydrogen-bond acceptors (Lipinski definition) is 7. The number of anilines is 1. The third-order valence-corrected chi connectivity index (χ3v) is 7.82. The number of hydrogen-bond donors (Lipinski definition) is 3. The molecule has 2 amide bonds. The number of carboxylic acid groups (broad SMARTS) is 1. The standard InChI is InChI=1S/C38H42N2O8/c1-3-4-5-6-7-24-47-32-20-14-29(15-21-32)38(45)48-33-22-12-27(13-23-33)35(37(43)44)40-36(42)28-10-16-30(17-11-28)39-34(41)25-26-8-18-31(46-2)19-9-26/h8-12,14-22,35H,3-7,13,23-25H2,1-2H3,(H,39,41)(H,40,42)(H,43,44)/t35-/m0/s1. The second kappa shape index (κ2) is 18.1. The molecule has 3 aromatic carbocycles. The van der Waals surface area contributed by atoms with Gasteiger partial charge in [-0.1, -0.05) is 50.8 Å². The van der Waals surface area contributed by atoms with E-state index in [9.17, 15) is 24.3 Å². The molecule has 3 N–H and O–H groups in total. The molecule has 0 unspecified atom stereocenters. The molecule has 0 aliphatic heterocycles. The van der Waals surface area contributed by atoms with E-state index in [-0.39, 0.29) is 24.3 Å². The van der Waals surface area contributed by atoms with Crippen molar-refractivity contribution in [3.8, 4) is 11.5 Å².